The Kier molecular flexibility index (Phi) is 3.05. The van der Waals surface area contributed by atoms with Crippen molar-refractivity contribution in [2.75, 3.05) is 0 Å². The van der Waals surface area contributed by atoms with Gasteiger partial charge in [-0.05, 0) is 30.3 Å². The Morgan fingerprint density at radius 2 is 1.68 bits per heavy atom. The van der Waals surface area contributed by atoms with Crippen LogP contribution in [-0.2, 0) is 0 Å². The number of halogens is 1. The summed E-state index contributed by atoms with van der Waals surface area (Å²) < 4.78 is 1.72. The lowest BCUT2D eigenvalue weighted by Crippen LogP contribution is -1.98. The van der Waals surface area contributed by atoms with Crippen LogP contribution in [0.15, 0.2) is 61.2 Å². The summed E-state index contributed by atoms with van der Waals surface area (Å²) in [5.41, 5.74) is 3.71. The number of hydrogen-bond acceptors (Lipinski definition) is 4. The van der Waals surface area contributed by atoms with E-state index < -0.39 is 0 Å². The van der Waals surface area contributed by atoms with Crippen molar-refractivity contribution in [1.29, 1.82) is 0 Å². The molecule has 0 N–H and O–H groups in total. The molecule has 0 bridgehead atoms. The minimum Gasteiger partial charge on any atom is -0.265 e. The summed E-state index contributed by atoms with van der Waals surface area (Å²) in [4.78, 5) is 12.8. The van der Waals surface area contributed by atoms with E-state index in [0.29, 0.717) is 10.8 Å². The predicted molar refractivity (Wildman–Crippen MR) is 84.5 cm³/mol. The van der Waals surface area contributed by atoms with Crippen molar-refractivity contribution in [2.45, 2.75) is 0 Å². The van der Waals surface area contributed by atoms with E-state index in [9.17, 15) is 0 Å². The molecule has 0 atom stereocenters. The molecule has 0 saturated carbocycles. The van der Waals surface area contributed by atoms with Crippen molar-refractivity contribution in [3.8, 4) is 22.5 Å². The topological polar surface area (TPSA) is 56.0 Å². The van der Waals surface area contributed by atoms with Crippen LogP contribution in [0.5, 0.6) is 0 Å². The average molecular weight is 308 g/mol. The van der Waals surface area contributed by atoms with E-state index in [1.54, 1.807) is 16.9 Å². The van der Waals surface area contributed by atoms with Gasteiger partial charge in [0.15, 0.2) is 0 Å². The maximum Gasteiger partial charge on any atom is 0.253 e. The SMILES string of the molecule is Clc1ccc(-c2cc(-c3ccncc3)n3ncnc3n2)cc1. The molecule has 0 amide bonds. The van der Waals surface area contributed by atoms with Gasteiger partial charge in [0.25, 0.3) is 5.78 Å². The first-order valence-corrected chi connectivity index (χ1v) is 7.06. The van der Waals surface area contributed by atoms with Gasteiger partial charge in [0.05, 0.1) is 11.4 Å². The Labute approximate surface area is 131 Å². The Morgan fingerprint density at radius 1 is 0.909 bits per heavy atom. The van der Waals surface area contributed by atoms with Crippen molar-refractivity contribution < 1.29 is 0 Å². The maximum absolute atomic E-state index is 5.95. The molecule has 3 aromatic heterocycles. The molecule has 6 heteroatoms. The highest BCUT2D eigenvalue weighted by Gasteiger charge is 2.10. The molecular weight excluding hydrogens is 298 g/mol. The van der Waals surface area contributed by atoms with Gasteiger partial charge in [-0.15, -0.1) is 0 Å². The summed E-state index contributed by atoms with van der Waals surface area (Å²) in [6, 6.07) is 13.4. The smallest absolute Gasteiger partial charge is 0.253 e. The number of fused-ring (bicyclic) bond motifs is 1. The van der Waals surface area contributed by atoms with E-state index in [0.717, 1.165) is 22.5 Å². The minimum atomic E-state index is 0.555. The van der Waals surface area contributed by atoms with Crippen molar-refractivity contribution in [3.05, 3.63) is 66.2 Å². The second kappa shape index (κ2) is 5.20. The van der Waals surface area contributed by atoms with Gasteiger partial charge in [-0.1, -0.05) is 23.7 Å². The molecule has 4 aromatic rings. The van der Waals surface area contributed by atoms with Crippen LogP contribution >= 0.6 is 11.6 Å². The lowest BCUT2D eigenvalue weighted by Gasteiger charge is -2.07. The van der Waals surface area contributed by atoms with Crippen LogP contribution in [0.25, 0.3) is 28.3 Å². The van der Waals surface area contributed by atoms with Crippen LogP contribution in [0, 0.1) is 0 Å². The predicted octanol–water partition coefficient (Wildman–Crippen LogP) is 3.51. The van der Waals surface area contributed by atoms with Gasteiger partial charge in [0, 0.05) is 28.5 Å². The molecule has 106 valence electrons. The molecular formula is C16H10ClN5. The van der Waals surface area contributed by atoms with Crippen LogP contribution in [0.2, 0.25) is 5.02 Å². The van der Waals surface area contributed by atoms with Gasteiger partial charge in [0.2, 0.25) is 0 Å². The van der Waals surface area contributed by atoms with E-state index in [-0.39, 0.29) is 0 Å². The highest BCUT2D eigenvalue weighted by atomic mass is 35.5. The summed E-state index contributed by atoms with van der Waals surface area (Å²) in [7, 11) is 0. The normalized spacial score (nSPS) is 11.0. The molecule has 1 aromatic carbocycles. The third-order valence-electron chi connectivity index (χ3n) is 3.37. The summed E-state index contributed by atoms with van der Waals surface area (Å²) >= 11 is 5.95. The largest absolute Gasteiger partial charge is 0.265 e. The first-order valence-electron chi connectivity index (χ1n) is 6.68. The van der Waals surface area contributed by atoms with Crippen molar-refractivity contribution >= 4 is 17.4 Å². The molecule has 0 spiro atoms. The second-order valence-corrected chi connectivity index (χ2v) is 5.18. The molecule has 22 heavy (non-hydrogen) atoms. The third kappa shape index (κ3) is 2.21. The molecule has 0 fully saturated rings. The van der Waals surface area contributed by atoms with Gasteiger partial charge in [0.1, 0.15) is 6.33 Å². The van der Waals surface area contributed by atoms with E-state index in [1.165, 1.54) is 6.33 Å². The highest BCUT2D eigenvalue weighted by Crippen LogP contribution is 2.25. The van der Waals surface area contributed by atoms with Crippen LogP contribution in [0.1, 0.15) is 0 Å². The zero-order chi connectivity index (χ0) is 14.9. The van der Waals surface area contributed by atoms with Crippen LogP contribution in [-0.4, -0.2) is 24.6 Å². The Bertz CT molecular complexity index is 932. The number of rotatable bonds is 2. The highest BCUT2D eigenvalue weighted by molar-refractivity contribution is 6.30. The summed E-state index contributed by atoms with van der Waals surface area (Å²) in [5.74, 6) is 0.555. The molecule has 0 saturated heterocycles. The lowest BCUT2D eigenvalue weighted by atomic mass is 10.1. The monoisotopic (exact) mass is 307 g/mol. The summed E-state index contributed by atoms with van der Waals surface area (Å²) in [5, 5.41) is 4.94. The quantitative estimate of drug-likeness (QED) is 0.568. The molecule has 0 unspecified atom stereocenters. The first kappa shape index (κ1) is 12.9. The minimum absolute atomic E-state index is 0.555. The average Bonchev–Trinajstić information content (AvgIpc) is 3.04. The molecule has 0 aliphatic carbocycles. The van der Waals surface area contributed by atoms with E-state index in [2.05, 4.69) is 20.1 Å². The fourth-order valence-corrected chi connectivity index (χ4v) is 2.44. The third-order valence-corrected chi connectivity index (χ3v) is 3.62. The van der Waals surface area contributed by atoms with Crippen LogP contribution in [0.3, 0.4) is 0 Å². The van der Waals surface area contributed by atoms with Crippen LogP contribution in [0.4, 0.5) is 0 Å². The number of hydrogen-bond donors (Lipinski definition) is 0. The zero-order valence-corrected chi connectivity index (χ0v) is 12.1. The van der Waals surface area contributed by atoms with Crippen molar-refractivity contribution in [3.63, 3.8) is 0 Å². The fourth-order valence-electron chi connectivity index (χ4n) is 2.31. The number of nitrogens with zero attached hydrogens (tertiary/aromatic N) is 5. The molecule has 0 aliphatic rings. The van der Waals surface area contributed by atoms with Gasteiger partial charge in [-0.25, -0.2) is 4.98 Å². The maximum atomic E-state index is 5.95. The molecule has 4 rings (SSSR count). The fraction of sp³-hybridized carbons (Fsp3) is 0. The second-order valence-electron chi connectivity index (χ2n) is 4.74. The molecule has 0 aliphatic heterocycles. The van der Waals surface area contributed by atoms with E-state index >= 15 is 0 Å². The Morgan fingerprint density at radius 3 is 2.45 bits per heavy atom. The van der Waals surface area contributed by atoms with E-state index in [4.69, 9.17) is 11.6 Å². The summed E-state index contributed by atoms with van der Waals surface area (Å²) in [6.45, 7) is 0. The lowest BCUT2D eigenvalue weighted by molar-refractivity contribution is 0.948. The number of benzene rings is 1. The Hall–Kier alpha value is -2.79. The molecule has 3 heterocycles. The Balaban J connectivity index is 1.96. The zero-order valence-electron chi connectivity index (χ0n) is 11.4. The standard InChI is InChI=1S/C16H10ClN5/c17-13-3-1-11(2-4-13)14-9-15(12-5-7-18-8-6-12)22-16(21-14)19-10-20-22/h1-10H. The van der Waals surface area contributed by atoms with Crippen molar-refractivity contribution in [2.24, 2.45) is 0 Å². The van der Waals surface area contributed by atoms with Gasteiger partial charge in [-0.3, -0.25) is 4.98 Å². The summed E-state index contributed by atoms with van der Waals surface area (Å²) in [6.07, 6.45) is 5.00. The first-order chi connectivity index (χ1) is 10.8. The molecule has 0 radical (unpaired) electrons. The van der Waals surface area contributed by atoms with Crippen LogP contribution < -0.4 is 0 Å². The van der Waals surface area contributed by atoms with Crippen molar-refractivity contribution in [1.82, 2.24) is 24.6 Å². The van der Waals surface area contributed by atoms with Gasteiger partial charge in [-0.2, -0.15) is 14.6 Å². The van der Waals surface area contributed by atoms with Gasteiger partial charge < -0.3 is 0 Å². The van der Waals surface area contributed by atoms with E-state index in [1.807, 2.05) is 42.5 Å². The number of aromatic nitrogens is 5. The number of pyridine rings is 1. The molecule has 5 nitrogen and oxygen atoms in total. The van der Waals surface area contributed by atoms with Gasteiger partial charge >= 0.3 is 0 Å².